The second-order valence-corrected chi connectivity index (χ2v) is 19.3. The van der Waals surface area contributed by atoms with Gasteiger partial charge < -0.3 is 0 Å². The van der Waals surface area contributed by atoms with Crippen molar-refractivity contribution in [3.63, 3.8) is 0 Å². The van der Waals surface area contributed by atoms with Gasteiger partial charge in [0.1, 0.15) is 0 Å². The number of benzene rings is 1. The molecule has 1 amide bonds. The third kappa shape index (κ3) is 4.31. The molecule has 1 aliphatic rings. The van der Waals surface area contributed by atoms with Crippen molar-refractivity contribution in [1.82, 2.24) is 8.44 Å². The molecular weight excluding hydrogens is 411 g/mol. The fraction of sp³-hybridized carbons (Fsp3) is 0.611. The predicted molar refractivity (Wildman–Crippen MR) is 98.2 cm³/mol. The number of hydrogen-bond acceptors (Lipinski definition) is 4. The van der Waals surface area contributed by atoms with Crippen molar-refractivity contribution in [2.75, 3.05) is 20.2 Å². The van der Waals surface area contributed by atoms with Crippen molar-refractivity contribution in [2.24, 2.45) is 0 Å². The van der Waals surface area contributed by atoms with Crippen LogP contribution in [0.2, 0.25) is 9.88 Å². The van der Waals surface area contributed by atoms with Crippen LogP contribution in [-0.4, -0.2) is 64.6 Å². The molecule has 2 N–H and O–H groups in total. The van der Waals surface area contributed by atoms with E-state index in [9.17, 15) is 9.90 Å². The predicted octanol–water partition coefficient (Wildman–Crippen LogP) is 2.37. The van der Waals surface area contributed by atoms with Gasteiger partial charge in [-0.3, -0.25) is 0 Å². The summed E-state index contributed by atoms with van der Waals surface area (Å²) in [6, 6.07) is 9.48. The Labute approximate surface area is 149 Å². The van der Waals surface area contributed by atoms with E-state index in [0.29, 0.717) is 18.0 Å². The molecule has 1 aromatic rings. The molecule has 1 aromatic carbocycles. The SMILES string of the molecule is CCN1CCC[C@H]1C[C@](O)(OC)[Sn]([CH3])([CH3])[NH]C(=O)c1ccccc1. The molecule has 6 heteroatoms. The minimum atomic E-state index is -3.47. The fourth-order valence-corrected chi connectivity index (χ4v) is 9.67. The Morgan fingerprint density at radius 2 is 2.08 bits per heavy atom. The molecule has 24 heavy (non-hydrogen) atoms. The molecule has 0 spiro atoms. The molecule has 0 aromatic heterocycles. The number of ether oxygens (including phenoxy) is 1. The van der Waals surface area contributed by atoms with Crippen LogP contribution in [0.25, 0.3) is 0 Å². The van der Waals surface area contributed by atoms with Gasteiger partial charge in [0.05, 0.1) is 0 Å². The van der Waals surface area contributed by atoms with Crippen molar-refractivity contribution in [3.8, 4) is 0 Å². The summed E-state index contributed by atoms with van der Waals surface area (Å²) in [6.07, 6.45) is 2.80. The van der Waals surface area contributed by atoms with E-state index in [1.807, 2.05) is 28.1 Å². The van der Waals surface area contributed by atoms with E-state index in [2.05, 4.69) is 15.4 Å². The molecule has 134 valence electrons. The van der Waals surface area contributed by atoms with Gasteiger partial charge in [-0.05, 0) is 0 Å². The van der Waals surface area contributed by atoms with Crippen molar-refractivity contribution in [1.29, 1.82) is 0 Å². The van der Waals surface area contributed by atoms with E-state index in [1.165, 1.54) is 0 Å². The summed E-state index contributed by atoms with van der Waals surface area (Å²) in [6.45, 7) is 4.21. The number of rotatable bonds is 7. The normalized spacial score (nSPS) is 21.5. The van der Waals surface area contributed by atoms with Crippen molar-refractivity contribution in [3.05, 3.63) is 35.9 Å². The summed E-state index contributed by atoms with van der Waals surface area (Å²) in [4.78, 5) is 19.0. The molecule has 0 unspecified atom stereocenters. The van der Waals surface area contributed by atoms with E-state index in [4.69, 9.17) is 4.74 Å². The van der Waals surface area contributed by atoms with E-state index >= 15 is 0 Å². The Hall–Kier alpha value is -0.631. The van der Waals surface area contributed by atoms with Gasteiger partial charge in [0, 0.05) is 0 Å². The van der Waals surface area contributed by atoms with Crippen LogP contribution in [0.1, 0.15) is 36.5 Å². The topological polar surface area (TPSA) is 61.8 Å². The standard InChI is InChI=1S/C9H18NO2.C7H7NO.2CH3.Sn/c1-3-10-6-4-5-8(10)7-9(11)12-2;8-7(9)6-4-2-1-3-5-6;;;/h8,11H,3-7H2,1-2H3;1-5H,(H2,8,9);2*1H3;/q;;;;+1/p-1/t8-;;;;/m0..../s1. The fourth-order valence-electron chi connectivity index (χ4n) is 3.50. The van der Waals surface area contributed by atoms with Crippen molar-refractivity contribution >= 4 is 24.6 Å². The zero-order valence-corrected chi connectivity index (χ0v) is 18.1. The Balaban J connectivity index is 2.12. The van der Waals surface area contributed by atoms with Gasteiger partial charge in [-0.1, -0.05) is 0 Å². The van der Waals surface area contributed by atoms with Gasteiger partial charge in [0.15, 0.2) is 0 Å². The molecule has 0 radical (unpaired) electrons. The van der Waals surface area contributed by atoms with Crippen LogP contribution in [0, 0.1) is 0 Å². The first-order chi connectivity index (χ1) is 11.3. The van der Waals surface area contributed by atoms with Gasteiger partial charge in [0.2, 0.25) is 0 Å². The second-order valence-electron chi connectivity index (χ2n) is 7.06. The van der Waals surface area contributed by atoms with E-state index in [1.54, 1.807) is 19.2 Å². The first-order valence-corrected chi connectivity index (χ1v) is 17.3. The molecule has 0 bridgehead atoms. The number of nitrogens with zero attached hydrogens (tertiary/aromatic N) is 1. The monoisotopic (exact) mass is 442 g/mol. The van der Waals surface area contributed by atoms with Crippen LogP contribution in [-0.2, 0) is 4.74 Å². The van der Waals surface area contributed by atoms with Crippen LogP contribution in [0.3, 0.4) is 0 Å². The first-order valence-electron chi connectivity index (χ1n) is 8.72. The molecule has 0 aliphatic carbocycles. The molecule has 1 fully saturated rings. The third-order valence-electron chi connectivity index (χ3n) is 5.19. The number of methoxy groups -OCH3 is 1. The van der Waals surface area contributed by atoms with Crippen LogP contribution in [0.5, 0.6) is 0 Å². The maximum absolute atomic E-state index is 12.5. The van der Waals surface area contributed by atoms with Crippen molar-refractivity contribution < 1.29 is 14.6 Å². The third-order valence-corrected chi connectivity index (χ3v) is 14.4. The number of nitrogens with one attached hydrogen (secondary N) is 1. The Bertz CT molecular complexity index is 552. The summed E-state index contributed by atoms with van der Waals surface area (Å²) in [5, 5.41) is 11.2. The summed E-state index contributed by atoms with van der Waals surface area (Å²) in [7, 11) is 1.55. The van der Waals surface area contributed by atoms with Crippen LogP contribution < -0.4 is 3.54 Å². The zero-order chi connectivity index (χ0) is 17.8. The number of aliphatic hydroxyl groups is 1. The Kier molecular flexibility index (Phi) is 6.70. The van der Waals surface area contributed by atoms with Gasteiger partial charge in [-0.15, -0.1) is 0 Å². The number of carbonyl (C=O) groups is 1. The first kappa shape index (κ1) is 19.7. The molecule has 1 aliphatic heterocycles. The van der Waals surface area contributed by atoms with Crippen molar-refractivity contribution in [2.45, 2.75) is 45.9 Å². The molecule has 5 nitrogen and oxygen atoms in total. The Morgan fingerprint density at radius 1 is 1.42 bits per heavy atom. The van der Waals surface area contributed by atoms with Gasteiger partial charge in [-0.25, -0.2) is 0 Å². The average Bonchev–Trinajstić information content (AvgIpc) is 3.01. The van der Waals surface area contributed by atoms with Gasteiger partial charge >= 0.3 is 150 Å². The molecular formula is C18H30N2O3Sn. The average molecular weight is 441 g/mol. The summed E-state index contributed by atoms with van der Waals surface area (Å²) >= 11 is -3.47. The van der Waals surface area contributed by atoms with E-state index in [0.717, 1.165) is 25.9 Å². The minimum absolute atomic E-state index is 0.120. The molecule has 2 rings (SSSR count). The summed E-state index contributed by atoms with van der Waals surface area (Å²) in [5.74, 6) is -0.120. The van der Waals surface area contributed by atoms with E-state index in [-0.39, 0.29) is 5.91 Å². The molecule has 1 saturated heterocycles. The number of amides is 1. The number of likely N-dealkylation sites (tertiary alicyclic amines) is 1. The molecule has 2 atom stereocenters. The summed E-state index contributed by atoms with van der Waals surface area (Å²) < 4.78 is 7.53. The maximum atomic E-state index is 12.5. The Morgan fingerprint density at radius 3 is 2.67 bits per heavy atom. The number of hydrogen-bond donors (Lipinski definition) is 2. The van der Waals surface area contributed by atoms with Crippen LogP contribution in [0.4, 0.5) is 0 Å². The van der Waals surface area contributed by atoms with E-state index < -0.39 is 22.5 Å². The quantitative estimate of drug-likeness (QED) is 0.504. The molecule has 0 saturated carbocycles. The summed E-state index contributed by atoms with van der Waals surface area (Å²) in [5.41, 5.74) is 0.622. The second kappa shape index (κ2) is 8.17. The van der Waals surface area contributed by atoms with Crippen LogP contribution in [0.15, 0.2) is 30.3 Å². The van der Waals surface area contributed by atoms with Gasteiger partial charge in [-0.2, -0.15) is 0 Å². The zero-order valence-electron chi connectivity index (χ0n) is 15.2. The van der Waals surface area contributed by atoms with Gasteiger partial charge in [0.25, 0.3) is 0 Å². The number of carbonyl (C=O) groups excluding carboxylic acids is 1. The van der Waals surface area contributed by atoms with Crippen LogP contribution >= 0.6 is 0 Å². The molecule has 1 heterocycles.